The molecule has 2 heterocycles. The van der Waals surface area contributed by atoms with Gasteiger partial charge in [0, 0.05) is 16.2 Å². The first-order valence-electron chi connectivity index (χ1n) is 6.72. The minimum atomic E-state index is 0.581. The maximum atomic E-state index is 11.6. The zero-order chi connectivity index (χ0) is 15.1. The number of carbonyl (C=O) groups excluding carboxylic acids is 1. The Bertz CT molecular complexity index is 865. The van der Waals surface area contributed by atoms with Crippen LogP contribution in [0.2, 0.25) is 0 Å². The Morgan fingerprint density at radius 1 is 1.10 bits per heavy atom. The summed E-state index contributed by atoms with van der Waals surface area (Å²) in [6.45, 7) is 6.13. The summed E-state index contributed by atoms with van der Waals surface area (Å²) in [5.74, 6) is 0. The second-order valence-electron chi connectivity index (χ2n) is 5.30. The fourth-order valence-electron chi connectivity index (χ4n) is 2.50. The van der Waals surface area contributed by atoms with E-state index in [-0.39, 0.29) is 0 Å². The van der Waals surface area contributed by atoms with Crippen LogP contribution in [0.4, 0.5) is 0 Å². The van der Waals surface area contributed by atoms with E-state index in [1.54, 1.807) is 0 Å². The molecule has 2 aromatic heterocycles. The molecule has 0 aliphatic carbocycles. The van der Waals surface area contributed by atoms with Gasteiger partial charge in [-0.2, -0.15) is 0 Å². The lowest BCUT2D eigenvalue weighted by Crippen LogP contribution is -1.94. The largest absolute Gasteiger partial charge is 0.296 e. The minimum absolute atomic E-state index is 0.581. The molecule has 0 amide bonds. The molecule has 0 aliphatic rings. The van der Waals surface area contributed by atoms with E-state index in [2.05, 4.69) is 46.9 Å². The first-order chi connectivity index (χ1) is 10.0. The van der Waals surface area contributed by atoms with Crippen LogP contribution in [0.1, 0.15) is 27.2 Å². The van der Waals surface area contributed by atoms with Crippen molar-refractivity contribution < 1.29 is 4.79 Å². The quantitative estimate of drug-likeness (QED) is 0.642. The summed E-state index contributed by atoms with van der Waals surface area (Å²) >= 11 is 3.47. The van der Waals surface area contributed by atoms with Crippen LogP contribution in [-0.2, 0) is 0 Å². The lowest BCUT2D eigenvalue weighted by molar-refractivity contribution is 0.111. The van der Waals surface area contributed by atoms with Crippen molar-refractivity contribution in [2.45, 2.75) is 20.8 Å². The molecule has 0 radical (unpaired) electrons. The lowest BCUT2D eigenvalue weighted by Gasteiger charge is -2.03. The first kappa shape index (κ1) is 14.0. The molecule has 0 saturated carbocycles. The van der Waals surface area contributed by atoms with Gasteiger partial charge in [-0.3, -0.25) is 9.20 Å². The number of aldehydes is 1. The van der Waals surface area contributed by atoms with Gasteiger partial charge in [0.2, 0.25) is 0 Å². The molecule has 3 nitrogen and oxygen atoms in total. The van der Waals surface area contributed by atoms with Crippen LogP contribution in [0.5, 0.6) is 0 Å². The number of halogens is 1. The van der Waals surface area contributed by atoms with Crippen molar-refractivity contribution in [3.63, 3.8) is 0 Å². The second-order valence-corrected chi connectivity index (χ2v) is 6.21. The van der Waals surface area contributed by atoms with Gasteiger partial charge in [-0.25, -0.2) is 4.98 Å². The fraction of sp³-hybridized carbons (Fsp3) is 0.176. The molecular formula is C17H15BrN2O. The zero-order valence-corrected chi connectivity index (χ0v) is 13.7. The van der Waals surface area contributed by atoms with Crippen LogP contribution in [0.3, 0.4) is 0 Å². The molecule has 0 aliphatic heterocycles. The van der Waals surface area contributed by atoms with Crippen molar-refractivity contribution in [2.75, 3.05) is 0 Å². The predicted molar refractivity (Wildman–Crippen MR) is 87.9 cm³/mol. The van der Waals surface area contributed by atoms with Gasteiger partial charge in [0.25, 0.3) is 0 Å². The van der Waals surface area contributed by atoms with Gasteiger partial charge in [0.05, 0.1) is 0 Å². The maximum absolute atomic E-state index is 11.6. The molecule has 0 saturated heterocycles. The molecule has 1 aromatic carbocycles. The number of imidazole rings is 1. The highest BCUT2D eigenvalue weighted by molar-refractivity contribution is 9.10. The van der Waals surface area contributed by atoms with Crippen LogP contribution >= 0.6 is 15.9 Å². The summed E-state index contributed by atoms with van der Waals surface area (Å²) in [4.78, 5) is 16.3. The molecule has 0 N–H and O–H groups in total. The van der Waals surface area contributed by atoms with Crippen LogP contribution in [0.25, 0.3) is 16.9 Å². The van der Waals surface area contributed by atoms with E-state index in [1.807, 2.05) is 29.7 Å². The number of aromatic nitrogens is 2. The summed E-state index contributed by atoms with van der Waals surface area (Å²) in [5, 5.41) is 0. The van der Waals surface area contributed by atoms with E-state index in [1.165, 1.54) is 11.1 Å². The lowest BCUT2D eigenvalue weighted by atomic mass is 10.0. The number of carbonyl (C=O) groups is 1. The summed E-state index contributed by atoms with van der Waals surface area (Å²) in [7, 11) is 0. The van der Waals surface area contributed by atoms with Crippen LogP contribution in [-0.4, -0.2) is 15.7 Å². The molecule has 0 atom stereocenters. The molecule has 3 aromatic rings. The third-order valence-corrected chi connectivity index (χ3v) is 4.23. The summed E-state index contributed by atoms with van der Waals surface area (Å²) in [6, 6.07) is 8.16. The third-order valence-electron chi connectivity index (χ3n) is 3.80. The molecule has 21 heavy (non-hydrogen) atoms. The van der Waals surface area contributed by atoms with Gasteiger partial charge in [-0.15, -0.1) is 0 Å². The average molecular weight is 343 g/mol. The number of rotatable bonds is 2. The van der Waals surface area contributed by atoms with Gasteiger partial charge in [-0.05, 0) is 65.5 Å². The number of hydrogen-bond acceptors (Lipinski definition) is 2. The van der Waals surface area contributed by atoms with Crippen molar-refractivity contribution in [3.05, 3.63) is 57.3 Å². The second kappa shape index (κ2) is 5.11. The standard InChI is InChI=1S/C17H15BrN2O/c1-10-4-5-13(6-11(10)2)16-15(9-21)20-8-14(18)7-12(3)17(20)19-16/h4-9H,1-3H3. The van der Waals surface area contributed by atoms with Gasteiger partial charge in [0.1, 0.15) is 17.0 Å². The Labute approximate surface area is 131 Å². The van der Waals surface area contributed by atoms with Gasteiger partial charge < -0.3 is 0 Å². The van der Waals surface area contributed by atoms with E-state index in [4.69, 9.17) is 0 Å². The average Bonchev–Trinajstić information content (AvgIpc) is 2.80. The molecule has 0 fully saturated rings. The van der Waals surface area contributed by atoms with Crippen molar-refractivity contribution in [2.24, 2.45) is 0 Å². The van der Waals surface area contributed by atoms with Crippen LogP contribution in [0.15, 0.2) is 34.9 Å². The third kappa shape index (κ3) is 2.29. The van der Waals surface area contributed by atoms with E-state index in [0.717, 1.165) is 33.2 Å². The smallest absolute Gasteiger partial charge is 0.169 e. The molecule has 106 valence electrons. The number of pyridine rings is 1. The Kier molecular flexibility index (Phi) is 3.41. The topological polar surface area (TPSA) is 34.4 Å². The van der Waals surface area contributed by atoms with Crippen LogP contribution in [0, 0.1) is 20.8 Å². The summed E-state index contributed by atoms with van der Waals surface area (Å²) in [6.07, 6.45) is 2.75. The molecule has 3 rings (SSSR count). The fourth-order valence-corrected chi connectivity index (χ4v) is 3.05. The zero-order valence-electron chi connectivity index (χ0n) is 12.1. The predicted octanol–water partition coefficient (Wildman–Crippen LogP) is 4.50. The minimum Gasteiger partial charge on any atom is -0.296 e. The summed E-state index contributed by atoms with van der Waals surface area (Å²) in [5.41, 5.74) is 6.55. The van der Waals surface area contributed by atoms with E-state index in [9.17, 15) is 4.79 Å². The molecule has 4 heteroatoms. The SMILES string of the molecule is Cc1ccc(-c2nc3c(C)cc(Br)cn3c2C=O)cc1C. The Morgan fingerprint density at radius 2 is 1.86 bits per heavy atom. The summed E-state index contributed by atoms with van der Waals surface area (Å²) < 4.78 is 2.77. The monoisotopic (exact) mass is 342 g/mol. The molecule has 0 bridgehead atoms. The molecule has 0 spiro atoms. The van der Waals surface area contributed by atoms with E-state index < -0.39 is 0 Å². The van der Waals surface area contributed by atoms with Crippen LogP contribution < -0.4 is 0 Å². The number of benzene rings is 1. The van der Waals surface area contributed by atoms with Crippen molar-refractivity contribution >= 4 is 27.9 Å². The van der Waals surface area contributed by atoms with Gasteiger partial charge in [0.15, 0.2) is 6.29 Å². The Balaban J connectivity index is 2.34. The highest BCUT2D eigenvalue weighted by Crippen LogP contribution is 2.27. The van der Waals surface area contributed by atoms with Gasteiger partial charge in [-0.1, -0.05) is 12.1 Å². The Hall–Kier alpha value is -1.94. The highest BCUT2D eigenvalue weighted by Gasteiger charge is 2.15. The first-order valence-corrected chi connectivity index (χ1v) is 7.51. The molecular weight excluding hydrogens is 328 g/mol. The maximum Gasteiger partial charge on any atom is 0.169 e. The molecule has 0 unspecified atom stereocenters. The normalized spacial score (nSPS) is 11.0. The number of hydrogen-bond donors (Lipinski definition) is 0. The van der Waals surface area contributed by atoms with Crippen molar-refractivity contribution in [1.29, 1.82) is 0 Å². The van der Waals surface area contributed by atoms with Crippen molar-refractivity contribution in [3.8, 4) is 11.3 Å². The van der Waals surface area contributed by atoms with E-state index in [0.29, 0.717) is 5.69 Å². The number of nitrogens with zero attached hydrogens (tertiary/aromatic N) is 2. The van der Waals surface area contributed by atoms with Gasteiger partial charge >= 0.3 is 0 Å². The number of fused-ring (bicyclic) bond motifs is 1. The Morgan fingerprint density at radius 3 is 2.52 bits per heavy atom. The van der Waals surface area contributed by atoms with E-state index >= 15 is 0 Å². The number of aryl methyl sites for hydroxylation is 3. The highest BCUT2D eigenvalue weighted by atomic mass is 79.9. The van der Waals surface area contributed by atoms with Crippen molar-refractivity contribution in [1.82, 2.24) is 9.38 Å².